The summed E-state index contributed by atoms with van der Waals surface area (Å²) in [5.74, 6) is -0.121. The molecule has 15 heavy (non-hydrogen) atoms. The molecule has 0 saturated heterocycles. The summed E-state index contributed by atoms with van der Waals surface area (Å²) in [5.41, 5.74) is 0. The van der Waals surface area contributed by atoms with E-state index in [9.17, 15) is 4.79 Å². The van der Waals surface area contributed by atoms with E-state index in [1.807, 2.05) is 11.4 Å². The molecule has 3 nitrogen and oxygen atoms in total. The SMILES string of the molecule is O=C(O)C(NCC1CC1)c1sccc1Br. The number of hydrogen-bond donors (Lipinski definition) is 2. The van der Waals surface area contributed by atoms with Crippen LogP contribution in [0, 0.1) is 5.92 Å². The Morgan fingerprint density at radius 2 is 2.47 bits per heavy atom. The van der Waals surface area contributed by atoms with Gasteiger partial charge in [-0.05, 0) is 52.7 Å². The fourth-order valence-corrected chi connectivity index (χ4v) is 3.08. The molecule has 1 atom stereocenters. The quantitative estimate of drug-likeness (QED) is 0.876. The van der Waals surface area contributed by atoms with Crippen molar-refractivity contribution in [2.75, 3.05) is 6.54 Å². The number of carbonyl (C=O) groups is 1. The lowest BCUT2D eigenvalue weighted by Crippen LogP contribution is -2.29. The van der Waals surface area contributed by atoms with Crippen molar-refractivity contribution in [1.29, 1.82) is 0 Å². The van der Waals surface area contributed by atoms with Crippen molar-refractivity contribution in [3.63, 3.8) is 0 Å². The van der Waals surface area contributed by atoms with E-state index in [0.29, 0.717) is 5.92 Å². The fourth-order valence-electron chi connectivity index (χ4n) is 1.41. The van der Waals surface area contributed by atoms with Gasteiger partial charge in [0, 0.05) is 9.35 Å². The maximum absolute atomic E-state index is 11.1. The van der Waals surface area contributed by atoms with Gasteiger partial charge < -0.3 is 5.11 Å². The van der Waals surface area contributed by atoms with E-state index in [4.69, 9.17) is 5.11 Å². The van der Waals surface area contributed by atoms with Gasteiger partial charge in [-0.2, -0.15) is 0 Å². The van der Waals surface area contributed by atoms with Crippen molar-refractivity contribution in [3.05, 3.63) is 20.8 Å². The van der Waals surface area contributed by atoms with Crippen molar-refractivity contribution in [1.82, 2.24) is 5.32 Å². The van der Waals surface area contributed by atoms with Crippen LogP contribution in [-0.2, 0) is 4.79 Å². The molecule has 2 N–H and O–H groups in total. The zero-order valence-electron chi connectivity index (χ0n) is 8.07. The second-order valence-electron chi connectivity index (χ2n) is 3.76. The molecule has 0 bridgehead atoms. The van der Waals surface area contributed by atoms with Gasteiger partial charge in [0.2, 0.25) is 0 Å². The summed E-state index contributed by atoms with van der Waals surface area (Å²) < 4.78 is 0.878. The van der Waals surface area contributed by atoms with Crippen LogP contribution in [0.5, 0.6) is 0 Å². The minimum Gasteiger partial charge on any atom is -0.480 e. The molecule has 82 valence electrons. The lowest BCUT2D eigenvalue weighted by Gasteiger charge is -2.13. The first-order valence-electron chi connectivity index (χ1n) is 4.87. The molecule has 1 unspecified atom stereocenters. The van der Waals surface area contributed by atoms with Crippen LogP contribution in [0.25, 0.3) is 0 Å². The van der Waals surface area contributed by atoms with Crippen LogP contribution >= 0.6 is 27.3 Å². The molecule has 1 aromatic heterocycles. The first-order valence-corrected chi connectivity index (χ1v) is 6.55. The average molecular weight is 290 g/mol. The van der Waals surface area contributed by atoms with E-state index < -0.39 is 12.0 Å². The number of rotatable bonds is 5. The normalized spacial score (nSPS) is 17.7. The Labute approximate surface area is 101 Å². The molecule has 5 heteroatoms. The standard InChI is InChI=1S/C10H12BrNO2S/c11-7-3-4-15-9(7)8(10(13)14)12-5-6-1-2-6/h3-4,6,8,12H,1-2,5H2,(H,13,14). The minimum absolute atomic E-state index is 0.569. The summed E-state index contributed by atoms with van der Waals surface area (Å²) in [7, 11) is 0. The van der Waals surface area contributed by atoms with Crippen LogP contribution in [0.1, 0.15) is 23.8 Å². The van der Waals surface area contributed by atoms with Crippen LogP contribution in [0.4, 0.5) is 0 Å². The lowest BCUT2D eigenvalue weighted by molar-refractivity contribution is -0.139. The number of hydrogen-bond acceptors (Lipinski definition) is 3. The van der Waals surface area contributed by atoms with Gasteiger partial charge in [-0.1, -0.05) is 0 Å². The Morgan fingerprint density at radius 1 is 1.73 bits per heavy atom. The van der Waals surface area contributed by atoms with Gasteiger partial charge >= 0.3 is 5.97 Å². The highest BCUT2D eigenvalue weighted by Gasteiger charge is 2.27. The smallest absolute Gasteiger partial charge is 0.326 e. The van der Waals surface area contributed by atoms with Gasteiger partial charge in [0.25, 0.3) is 0 Å². The monoisotopic (exact) mass is 289 g/mol. The van der Waals surface area contributed by atoms with Crippen LogP contribution in [0.2, 0.25) is 0 Å². The predicted molar refractivity (Wildman–Crippen MR) is 63.1 cm³/mol. The Hall–Kier alpha value is -0.390. The van der Waals surface area contributed by atoms with Gasteiger partial charge in [0.1, 0.15) is 6.04 Å². The molecule has 0 spiro atoms. The number of thiophene rings is 1. The second kappa shape index (κ2) is 4.63. The van der Waals surface area contributed by atoms with Gasteiger partial charge in [-0.15, -0.1) is 11.3 Å². The van der Waals surface area contributed by atoms with E-state index >= 15 is 0 Å². The molecule has 1 heterocycles. The van der Waals surface area contributed by atoms with Crippen LogP contribution in [0.15, 0.2) is 15.9 Å². The summed E-state index contributed by atoms with van der Waals surface area (Å²) in [6.07, 6.45) is 2.45. The molecule has 1 aromatic rings. The van der Waals surface area contributed by atoms with Crippen molar-refractivity contribution >= 4 is 33.2 Å². The highest BCUT2D eigenvalue weighted by molar-refractivity contribution is 9.10. The van der Waals surface area contributed by atoms with Crippen LogP contribution < -0.4 is 5.32 Å². The Balaban J connectivity index is 2.04. The minimum atomic E-state index is -0.807. The van der Waals surface area contributed by atoms with Crippen LogP contribution in [-0.4, -0.2) is 17.6 Å². The third-order valence-electron chi connectivity index (χ3n) is 2.46. The molecule has 2 rings (SSSR count). The van der Waals surface area contributed by atoms with Gasteiger partial charge in [-0.25, -0.2) is 0 Å². The van der Waals surface area contributed by atoms with Crippen molar-refractivity contribution < 1.29 is 9.90 Å². The molecule has 1 aliphatic rings. The first kappa shape index (κ1) is 11.1. The number of carboxylic acid groups (broad SMARTS) is 1. The highest BCUT2D eigenvalue weighted by Crippen LogP contribution is 2.32. The van der Waals surface area contributed by atoms with Crippen molar-refractivity contribution in [2.24, 2.45) is 5.92 Å². The molecule has 0 amide bonds. The van der Waals surface area contributed by atoms with E-state index in [0.717, 1.165) is 15.9 Å². The Morgan fingerprint density at radius 3 is 2.93 bits per heavy atom. The molecule has 1 fully saturated rings. The maximum atomic E-state index is 11.1. The van der Waals surface area contributed by atoms with Gasteiger partial charge in [0.05, 0.1) is 0 Å². The van der Waals surface area contributed by atoms with E-state index in [2.05, 4.69) is 21.2 Å². The third-order valence-corrected chi connectivity index (χ3v) is 4.40. The van der Waals surface area contributed by atoms with E-state index in [1.54, 1.807) is 0 Å². The van der Waals surface area contributed by atoms with E-state index in [1.165, 1.54) is 24.2 Å². The summed E-state index contributed by atoms with van der Waals surface area (Å²) in [5, 5.41) is 14.1. The number of nitrogens with one attached hydrogen (secondary N) is 1. The summed E-state index contributed by atoms with van der Waals surface area (Å²) in [6, 6.07) is 1.31. The van der Waals surface area contributed by atoms with Crippen molar-refractivity contribution in [2.45, 2.75) is 18.9 Å². The highest BCUT2D eigenvalue weighted by atomic mass is 79.9. The van der Waals surface area contributed by atoms with Crippen LogP contribution in [0.3, 0.4) is 0 Å². The van der Waals surface area contributed by atoms with Gasteiger partial charge in [0.15, 0.2) is 0 Å². The summed E-state index contributed by atoms with van der Waals surface area (Å²) in [6.45, 7) is 0.807. The van der Waals surface area contributed by atoms with Gasteiger partial charge in [-0.3, -0.25) is 10.1 Å². The Kier molecular flexibility index (Phi) is 3.43. The fraction of sp³-hybridized carbons (Fsp3) is 0.500. The zero-order valence-corrected chi connectivity index (χ0v) is 10.5. The molecular weight excluding hydrogens is 278 g/mol. The predicted octanol–water partition coefficient (Wildman–Crippen LogP) is 2.64. The molecular formula is C10H12BrNO2S. The molecule has 1 saturated carbocycles. The number of carboxylic acids is 1. The topological polar surface area (TPSA) is 49.3 Å². The lowest BCUT2D eigenvalue weighted by atomic mass is 10.2. The summed E-state index contributed by atoms with van der Waals surface area (Å²) in [4.78, 5) is 12.0. The third kappa shape index (κ3) is 2.80. The van der Waals surface area contributed by atoms with E-state index in [-0.39, 0.29) is 0 Å². The Bertz CT molecular complexity index is 362. The first-order chi connectivity index (χ1) is 7.18. The summed E-state index contributed by atoms with van der Waals surface area (Å²) >= 11 is 4.83. The average Bonchev–Trinajstić information content (AvgIpc) is 2.91. The maximum Gasteiger partial charge on any atom is 0.326 e. The number of aliphatic carboxylic acids is 1. The zero-order chi connectivity index (χ0) is 10.8. The molecule has 0 aliphatic heterocycles. The molecule has 0 radical (unpaired) electrons. The largest absolute Gasteiger partial charge is 0.480 e. The number of halogens is 1. The molecule has 1 aliphatic carbocycles. The second-order valence-corrected chi connectivity index (χ2v) is 5.56. The molecule has 0 aromatic carbocycles. The van der Waals surface area contributed by atoms with Crippen molar-refractivity contribution in [3.8, 4) is 0 Å².